The van der Waals surface area contributed by atoms with Gasteiger partial charge in [-0.2, -0.15) is 0 Å². The maximum atomic E-state index is 6.72. The monoisotopic (exact) mass is 488 g/mol. The van der Waals surface area contributed by atoms with E-state index in [1.807, 2.05) is 0 Å². The molecule has 0 heterocycles. The van der Waals surface area contributed by atoms with Crippen LogP contribution in [0.15, 0.2) is 42.5 Å². The molecule has 0 bridgehead atoms. The van der Waals surface area contributed by atoms with Crippen LogP contribution in [0, 0.1) is 11.8 Å². The van der Waals surface area contributed by atoms with E-state index in [-0.39, 0.29) is 0 Å². The van der Waals surface area contributed by atoms with E-state index in [9.17, 15) is 0 Å². The van der Waals surface area contributed by atoms with Crippen LogP contribution in [0.2, 0.25) is 0 Å². The van der Waals surface area contributed by atoms with Crippen molar-refractivity contribution in [1.29, 1.82) is 0 Å². The van der Waals surface area contributed by atoms with Crippen molar-refractivity contribution in [3.05, 3.63) is 53.6 Å². The number of unbranched alkanes of at least 4 members (excludes halogenated alkanes) is 2. The molecule has 198 valence electrons. The fourth-order valence-corrected chi connectivity index (χ4v) is 7.19. The molecule has 4 rings (SSSR count). The number of ether oxygens (including phenoxy) is 1. The van der Waals surface area contributed by atoms with Crippen LogP contribution in [0.1, 0.15) is 140 Å². The molecule has 36 heavy (non-hydrogen) atoms. The Labute approximate surface area is 222 Å². The summed E-state index contributed by atoms with van der Waals surface area (Å²) in [7, 11) is 0. The predicted octanol–water partition coefficient (Wildman–Crippen LogP) is 11.1. The number of hydrogen-bond donors (Lipinski definition) is 0. The standard InChI is InChI=1S/C35H52O/c1-4-7-9-13-28-18-22-31(23-19-28)34-32(30-20-16-27(12-5-2)17-21-30)24-25-33(35(34)36-26-6-3)29-14-10-8-11-15-29/h8,10-11,14-15,24-25,27-28,30-31H,4-7,9,12-13,16-23,26H2,1-3H3. The van der Waals surface area contributed by atoms with Gasteiger partial charge in [-0.3, -0.25) is 0 Å². The molecule has 1 nitrogen and oxygen atoms in total. The largest absolute Gasteiger partial charge is 0.493 e. The van der Waals surface area contributed by atoms with Crippen LogP contribution in [-0.2, 0) is 0 Å². The van der Waals surface area contributed by atoms with E-state index in [1.54, 1.807) is 11.1 Å². The molecule has 2 aliphatic rings. The molecular weight excluding hydrogens is 436 g/mol. The lowest BCUT2D eigenvalue weighted by atomic mass is 9.70. The van der Waals surface area contributed by atoms with E-state index < -0.39 is 0 Å². The van der Waals surface area contributed by atoms with E-state index >= 15 is 0 Å². The zero-order valence-electron chi connectivity index (χ0n) is 23.6. The van der Waals surface area contributed by atoms with Crippen molar-refractivity contribution in [2.75, 3.05) is 6.61 Å². The normalized spacial score (nSPS) is 24.5. The molecule has 1 heteroatoms. The zero-order chi connectivity index (χ0) is 25.2. The second-order valence-corrected chi connectivity index (χ2v) is 11.9. The maximum Gasteiger partial charge on any atom is 0.130 e. The Morgan fingerprint density at radius 2 is 1.31 bits per heavy atom. The topological polar surface area (TPSA) is 9.23 Å². The van der Waals surface area contributed by atoms with E-state index in [0.29, 0.717) is 11.8 Å². The van der Waals surface area contributed by atoms with Crippen molar-refractivity contribution in [3.8, 4) is 16.9 Å². The lowest BCUT2D eigenvalue weighted by Crippen LogP contribution is -2.19. The summed E-state index contributed by atoms with van der Waals surface area (Å²) in [5, 5.41) is 0. The lowest BCUT2D eigenvalue weighted by Gasteiger charge is -2.35. The summed E-state index contributed by atoms with van der Waals surface area (Å²) in [5.74, 6) is 4.49. The van der Waals surface area contributed by atoms with Crippen molar-refractivity contribution in [2.24, 2.45) is 11.8 Å². The first-order valence-corrected chi connectivity index (χ1v) is 15.6. The number of benzene rings is 2. The third-order valence-corrected chi connectivity index (χ3v) is 9.22. The van der Waals surface area contributed by atoms with Gasteiger partial charge in [0.05, 0.1) is 6.61 Å². The van der Waals surface area contributed by atoms with Gasteiger partial charge in [-0.25, -0.2) is 0 Å². The van der Waals surface area contributed by atoms with Gasteiger partial charge in [0.15, 0.2) is 0 Å². The average molecular weight is 489 g/mol. The second-order valence-electron chi connectivity index (χ2n) is 11.9. The van der Waals surface area contributed by atoms with Crippen molar-refractivity contribution in [2.45, 2.75) is 129 Å². The highest BCUT2D eigenvalue weighted by molar-refractivity contribution is 5.74. The predicted molar refractivity (Wildman–Crippen MR) is 156 cm³/mol. The first-order chi connectivity index (χ1) is 17.7. The molecule has 0 saturated heterocycles. The van der Waals surface area contributed by atoms with Gasteiger partial charge < -0.3 is 4.74 Å². The van der Waals surface area contributed by atoms with Crippen LogP contribution in [0.25, 0.3) is 11.1 Å². The zero-order valence-corrected chi connectivity index (χ0v) is 23.6. The third kappa shape index (κ3) is 6.96. The summed E-state index contributed by atoms with van der Waals surface area (Å²) in [4.78, 5) is 0. The van der Waals surface area contributed by atoms with Crippen molar-refractivity contribution in [3.63, 3.8) is 0 Å². The Balaban J connectivity index is 1.66. The van der Waals surface area contributed by atoms with Crippen LogP contribution in [0.3, 0.4) is 0 Å². The van der Waals surface area contributed by atoms with Crippen LogP contribution < -0.4 is 4.74 Å². The molecule has 0 amide bonds. The summed E-state index contributed by atoms with van der Waals surface area (Å²) in [5.41, 5.74) is 5.87. The lowest BCUT2D eigenvalue weighted by molar-refractivity contribution is 0.278. The highest BCUT2D eigenvalue weighted by Gasteiger charge is 2.32. The van der Waals surface area contributed by atoms with Crippen LogP contribution in [-0.4, -0.2) is 6.61 Å². The second kappa shape index (κ2) is 14.3. The van der Waals surface area contributed by atoms with Crippen LogP contribution in [0.4, 0.5) is 0 Å². The van der Waals surface area contributed by atoms with Crippen LogP contribution >= 0.6 is 0 Å². The molecule has 0 N–H and O–H groups in total. The molecule has 2 aliphatic carbocycles. The van der Waals surface area contributed by atoms with Gasteiger partial charge in [-0.05, 0) is 92.6 Å². The van der Waals surface area contributed by atoms with Crippen molar-refractivity contribution in [1.82, 2.24) is 0 Å². The first kappa shape index (κ1) is 27.3. The molecule has 0 unspecified atom stereocenters. The SMILES string of the molecule is CCCCCC1CCC(c2c(C3CCC(CCC)CC3)ccc(-c3ccccc3)c2OCCC)CC1. The third-order valence-electron chi connectivity index (χ3n) is 9.22. The van der Waals surface area contributed by atoms with Crippen molar-refractivity contribution >= 4 is 0 Å². The Kier molecular flexibility index (Phi) is 10.8. The van der Waals surface area contributed by atoms with Crippen LogP contribution in [0.5, 0.6) is 5.75 Å². The molecule has 0 spiro atoms. The minimum atomic E-state index is 0.659. The molecule has 0 atom stereocenters. The van der Waals surface area contributed by atoms with E-state index in [0.717, 1.165) is 24.9 Å². The summed E-state index contributed by atoms with van der Waals surface area (Å²) < 4.78 is 6.72. The molecule has 0 aromatic heterocycles. The molecule has 0 aliphatic heterocycles. The quantitative estimate of drug-likeness (QED) is 0.270. The molecule has 2 saturated carbocycles. The molecular formula is C35H52O. The Morgan fingerprint density at radius 1 is 0.639 bits per heavy atom. The average Bonchev–Trinajstić information content (AvgIpc) is 2.93. The van der Waals surface area contributed by atoms with Gasteiger partial charge in [0.25, 0.3) is 0 Å². The van der Waals surface area contributed by atoms with E-state index in [2.05, 4.69) is 63.2 Å². The number of rotatable bonds is 12. The minimum Gasteiger partial charge on any atom is -0.493 e. The van der Waals surface area contributed by atoms with Gasteiger partial charge >= 0.3 is 0 Å². The van der Waals surface area contributed by atoms with Gasteiger partial charge in [0.2, 0.25) is 0 Å². The molecule has 2 fully saturated rings. The summed E-state index contributed by atoms with van der Waals surface area (Å²) in [6.45, 7) is 7.72. The summed E-state index contributed by atoms with van der Waals surface area (Å²) in [6.07, 6.45) is 20.5. The van der Waals surface area contributed by atoms with Gasteiger partial charge in [0.1, 0.15) is 5.75 Å². The number of hydrogen-bond acceptors (Lipinski definition) is 1. The fraction of sp³-hybridized carbons (Fsp3) is 0.657. The Bertz CT molecular complexity index is 884. The molecule has 0 radical (unpaired) electrons. The summed E-state index contributed by atoms with van der Waals surface area (Å²) >= 11 is 0. The summed E-state index contributed by atoms with van der Waals surface area (Å²) in [6, 6.07) is 15.9. The van der Waals surface area contributed by atoms with Gasteiger partial charge in [0, 0.05) is 11.1 Å². The maximum absolute atomic E-state index is 6.72. The Morgan fingerprint density at radius 3 is 1.94 bits per heavy atom. The van der Waals surface area contributed by atoms with E-state index in [1.165, 1.54) is 107 Å². The van der Waals surface area contributed by atoms with Gasteiger partial charge in [-0.15, -0.1) is 0 Å². The van der Waals surface area contributed by atoms with E-state index in [4.69, 9.17) is 4.74 Å². The van der Waals surface area contributed by atoms with Crippen molar-refractivity contribution < 1.29 is 4.74 Å². The fourth-order valence-electron chi connectivity index (χ4n) is 7.19. The van der Waals surface area contributed by atoms with Gasteiger partial charge in [-0.1, -0.05) is 102 Å². The minimum absolute atomic E-state index is 0.659. The highest BCUT2D eigenvalue weighted by atomic mass is 16.5. The Hall–Kier alpha value is -1.76. The highest BCUT2D eigenvalue weighted by Crippen LogP contribution is 2.50. The molecule has 2 aromatic rings. The first-order valence-electron chi connectivity index (χ1n) is 15.6. The smallest absolute Gasteiger partial charge is 0.130 e. The molecule has 2 aromatic carbocycles.